The molecular weight excluding hydrogens is 232 g/mol. The van der Waals surface area contributed by atoms with E-state index >= 15 is 0 Å². The fourth-order valence-electron chi connectivity index (χ4n) is 2.94. The minimum Gasteiger partial charge on any atom is -0.309 e. The molecule has 0 aliphatic carbocycles. The molecule has 1 fully saturated rings. The van der Waals surface area contributed by atoms with E-state index in [2.05, 4.69) is 55.1 Å². The van der Waals surface area contributed by atoms with E-state index in [4.69, 9.17) is 0 Å². The van der Waals surface area contributed by atoms with Gasteiger partial charge in [-0.25, -0.2) is 0 Å². The summed E-state index contributed by atoms with van der Waals surface area (Å²) >= 11 is 0. The van der Waals surface area contributed by atoms with Gasteiger partial charge in [-0.3, -0.25) is 4.90 Å². The maximum absolute atomic E-state index is 2.61. The van der Waals surface area contributed by atoms with E-state index in [0.717, 1.165) is 12.5 Å². The van der Waals surface area contributed by atoms with Gasteiger partial charge in [0.25, 0.3) is 0 Å². The van der Waals surface area contributed by atoms with Gasteiger partial charge in [0.15, 0.2) is 0 Å². The Bertz CT molecular complexity index is 379. The molecule has 0 radical (unpaired) electrons. The smallest absolute Gasteiger partial charge is 0.0233 e. The summed E-state index contributed by atoms with van der Waals surface area (Å²) in [6, 6.07) is 8.93. The van der Waals surface area contributed by atoms with Gasteiger partial charge >= 0.3 is 0 Å². The van der Waals surface area contributed by atoms with Crippen LogP contribution in [0, 0.1) is 12.8 Å². The van der Waals surface area contributed by atoms with Gasteiger partial charge < -0.3 is 4.90 Å². The molecule has 0 bridgehead atoms. The molecule has 2 nitrogen and oxygen atoms in total. The summed E-state index contributed by atoms with van der Waals surface area (Å²) in [6.07, 6.45) is 4.12. The highest BCUT2D eigenvalue weighted by molar-refractivity contribution is 5.22. The molecule has 1 aromatic carbocycles. The van der Waals surface area contributed by atoms with Gasteiger partial charge in [-0.2, -0.15) is 0 Å². The lowest BCUT2D eigenvalue weighted by Gasteiger charge is -2.32. The number of benzene rings is 1. The van der Waals surface area contributed by atoms with Gasteiger partial charge in [-0.05, 0) is 71.4 Å². The van der Waals surface area contributed by atoms with Crippen LogP contribution < -0.4 is 0 Å². The molecule has 1 aliphatic heterocycles. The monoisotopic (exact) mass is 260 g/mol. The van der Waals surface area contributed by atoms with Crippen LogP contribution in [-0.4, -0.2) is 43.5 Å². The molecule has 2 heteroatoms. The maximum Gasteiger partial charge on any atom is 0.0233 e. The van der Waals surface area contributed by atoms with Crippen LogP contribution >= 0.6 is 0 Å². The summed E-state index contributed by atoms with van der Waals surface area (Å²) in [5, 5.41) is 0. The predicted molar refractivity (Wildman–Crippen MR) is 82.4 cm³/mol. The van der Waals surface area contributed by atoms with Crippen LogP contribution in [0.1, 0.15) is 30.4 Å². The van der Waals surface area contributed by atoms with E-state index in [0.29, 0.717) is 0 Å². The average Bonchev–Trinajstić information content (AvgIpc) is 2.38. The first-order chi connectivity index (χ1) is 9.13. The second-order valence-electron chi connectivity index (χ2n) is 6.30. The van der Waals surface area contributed by atoms with Crippen molar-refractivity contribution in [2.75, 3.05) is 33.7 Å². The van der Waals surface area contributed by atoms with E-state index < -0.39 is 0 Å². The Morgan fingerprint density at radius 3 is 2.58 bits per heavy atom. The Balaban J connectivity index is 1.74. The lowest BCUT2D eigenvalue weighted by molar-refractivity contribution is 0.166. The van der Waals surface area contributed by atoms with Crippen LogP contribution in [-0.2, 0) is 6.54 Å². The van der Waals surface area contributed by atoms with Crippen LogP contribution in [0.2, 0.25) is 0 Å². The Kier molecular flexibility index (Phi) is 5.41. The zero-order valence-corrected chi connectivity index (χ0v) is 12.7. The first-order valence-corrected chi connectivity index (χ1v) is 7.56. The zero-order chi connectivity index (χ0) is 13.7. The third kappa shape index (κ3) is 4.96. The maximum atomic E-state index is 2.61. The molecule has 1 aliphatic rings. The van der Waals surface area contributed by atoms with Crippen molar-refractivity contribution in [2.45, 2.75) is 32.7 Å². The quantitative estimate of drug-likeness (QED) is 0.802. The van der Waals surface area contributed by atoms with Crippen LogP contribution in [0.25, 0.3) is 0 Å². The highest BCUT2D eigenvalue weighted by Crippen LogP contribution is 2.22. The Labute approximate surface area is 118 Å². The lowest BCUT2D eigenvalue weighted by Crippen LogP contribution is -2.34. The van der Waals surface area contributed by atoms with Crippen molar-refractivity contribution >= 4 is 0 Å². The van der Waals surface area contributed by atoms with Crippen molar-refractivity contribution in [3.8, 4) is 0 Å². The van der Waals surface area contributed by atoms with Crippen LogP contribution in [0.3, 0.4) is 0 Å². The van der Waals surface area contributed by atoms with Crippen molar-refractivity contribution in [1.29, 1.82) is 0 Å². The summed E-state index contributed by atoms with van der Waals surface area (Å²) in [7, 11) is 4.35. The van der Waals surface area contributed by atoms with Gasteiger partial charge in [0.1, 0.15) is 0 Å². The van der Waals surface area contributed by atoms with E-state index in [1.165, 1.54) is 50.0 Å². The highest BCUT2D eigenvalue weighted by Gasteiger charge is 2.19. The zero-order valence-electron chi connectivity index (χ0n) is 12.7. The Hall–Kier alpha value is -0.860. The molecule has 0 saturated carbocycles. The van der Waals surface area contributed by atoms with E-state index in [1.54, 1.807) is 0 Å². The van der Waals surface area contributed by atoms with Crippen molar-refractivity contribution < 1.29 is 0 Å². The largest absolute Gasteiger partial charge is 0.309 e. The second kappa shape index (κ2) is 7.06. The normalized spacial score (nSPS) is 18.1. The molecule has 2 rings (SSSR count). The number of aryl methyl sites for hydroxylation is 1. The standard InChI is InChI=1S/C17H28N2/c1-15-5-4-6-17(13-15)14-19-11-8-16(9-12-19)7-10-18(2)3/h4-6,13,16H,7-12,14H2,1-3H3. The molecule has 1 heterocycles. The van der Waals surface area contributed by atoms with Crippen molar-refractivity contribution in [3.05, 3.63) is 35.4 Å². The second-order valence-corrected chi connectivity index (χ2v) is 6.30. The molecule has 0 aromatic heterocycles. The topological polar surface area (TPSA) is 6.48 Å². The van der Waals surface area contributed by atoms with Gasteiger partial charge in [-0.1, -0.05) is 29.8 Å². The highest BCUT2D eigenvalue weighted by atomic mass is 15.1. The third-order valence-electron chi connectivity index (χ3n) is 4.18. The third-order valence-corrected chi connectivity index (χ3v) is 4.18. The summed E-state index contributed by atoms with van der Waals surface area (Å²) in [5.41, 5.74) is 2.84. The molecule has 19 heavy (non-hydrogen) atoms. The number of hydrogen-bond acceptors (Lipinski definition) is 2. The molecule has 0 amide bonds. The molecule has 1 aromatic rings. The van der Waals surface area contributed by atoms with E-state index in [-0.39, 0.29) is 0 Å². The fraction of sp³-hybridized carbons (Fsp3) is 0.647. The first kappa shape index (κ1) is 14.5. The summed E-state index contributed by atoms with van der Waals surface area (Å²) in [4.78, 5) is 4.92. The summed E-state index contributed by atoms with van der Waals surface area (Å²) in [5.74, 6) is 0.941. The van der Waals surface area contributed by atoms with Gasteiger partial charge in [0, 0.05) is 6.54 Å². The van der Waals surface area contributed by atoms with Gasteiger partial charge in [-0.15, -0.1) is 0 Å². The van der Waals surface area contributed by atoms with Crippen molar-refractivity contribution in [2.24, 2.45) is 5.92 Å². The molecule has 0 N–H and O–H groups in total. The van der Waals surface area contributed by atoms with E-state index in [1.807, 2.05) is 0 Å². The minimum atomic E-state index is 0.941. The Morgan fingerprint density at radius 2 is 1.95 bits per heavy atom. The number of hydrogen-bond donors (Lipinski definition) is 0. The van der Waals surface area contributed by atoms with Crippen molar-refractivity contribution in [3.63, 3.8) is 0 Å². The van der Waals surface area contributed by atoms with Crippen LogP contribution in [0.4, 0.5) is 0 Å². The molecule has 106 valence electrons. The SMILES string of the molecule is Cc1cccc(CN2CCC(CCN(C)C)CC2)c1. The minimum absolute atomic E-state index is 0.941. The van der Waals surface area contributed by atoms with Crippen LogP contribution in [0.5, 0.6) is 0 Å². The predicted octanol–water partition coefficient (Wildman–Crippen LogP) is 3.16. The van der Waals surface area contributed by atoms with Gasteiger partial charge in [0.2, 0.25) is 0 Å². The summed E-state index contributed by atoms with van der Waals surface area (Å²) in [6.45, 7) is 7.08. The average molecular weight is 260 g/mol. The van der Waals surface area contributed by atoms with Crippen molar-refractivity contribution in [1.82, 2.24) is 9.80 Å². The molecule has 0 unspecified atom stereocenters. The van der Waals surface area contributed by atoms with Crippen LogP contribution in [0.15, 0.2) is 24.3 Å². The van der Waals surface area contributed by atoms with E-state index in [9.17, 15) is 0 Å². The first-order valence-electron chi connectivity index (χ1n) is 7.56. The number of nitrogens with zero attached hydrogens (tertiary/aromatic N) is 2. The number of rotatable bonds is 5. The molecular formula is C17H28N2. The Morgan fingerprint density at radius 1 is 1.21 bits per heavy atom. The number of likely N-dealkylation sites (tertiary alicyclic amines) is 1. The molecule has 1 saturated heterocycles. The summed E-state index contributed by atoms with van der Waals surface area (Å²) < 4.78 is 0. The molecule has 0 atom stereocenters. The fourth-order valence-corrected chi connectivity index (χ4v) is 2.94. The number of piperidine rings is 1. The molecule has 0 spiro atoms. The van der Waals surface area contributed by atoms with Gasteiger partial charge in [0.05, 0.1) is 0 Å². The lowest BCUT2D eigenvalue weighted by atomic mass is 9.93.